The van der Waals surface area contributed by atoms with Crippen LogP contribution in [0.15, 0.2) is 60.0 Å². The van der Waals surface area contributed by atoms with Gasteiger partial charge >= 0.3 is 6.03 Å². The van der Waals surface area contributed by atoms with E-state index in [0.29, 0.717) is 36.3 Å². The number of aryl methyl sites for hydroxylation is 1. The highest BCUT2D eigenvalue weighted by atomic mass is 35.5. The van der Waals surface area contributed by atoms with Crippen LogP contribution < -0.4 is 10.1 Å². The monoisotopic (exact) mass is 523 g/mol. The summed E-state index contributed by atoms with van der Waals surface area (Å²) in [5, 5.41) is 5.54. The Bertz CT molecular complexity index is 1240. The van der Waals surface area contributed by atoms with Crippen molar-refractivity contribution in [1.82, 2.24) is 9.80 Å². The van der Waals surface area contributed by atoms with Crippen molar-refractivity contribution >= 4 is 40.6 Å². The van der Waals surface area contributed by atoms with Crippen molar-refractivity contribution in [3.8, 4) is 5.75 Å². The summed E-state index contributed by atoms with van der Waals surface area (Å²) in [6.07, 6.45) is 2.99. The third-order valence-corrected chi connectivity index (χ3v) is 8.00. The van der Waals surface area contributed by atoms with E-state index in [-0.39, 0.29) is 24.5 Å². The molecule has 8 heteroatoms. The normalized spacial score (nSPS) is 16.8. The van der Waals surface area contributed by atoms with Crippen LogP contribution in [0, 0.1) is 12.8 Å². The van der Waals surface area contributed by atoms with E-state index in [1.807, 2.05) is 36.1 Å². The van der Waals surface area contributed by atoms with Gasteiger partial charge in [-0.3, -0.25) is 4.79 Å². The maximum absolute atomic E-state index is 13.7. The van der Waals surface area contributed by atoms with Gasteiger partial charge in [0.1, 0.15) is 18.9 Å². The van der Waals surface area contributed by atoms with Crippen LogP contribution in [0.1, 0.15) is 34.9 Å². The number of para-hydroxylation sites is 1. The summed E-state index contributed by atoms with van der Waals surface area (Å²) in [6.45, 7) is 3.60. The van der Waals surface area contributed by atoms with Crippen molar-refractivity contribution in [2.45, 2.75) is 32.2 Å². The standard InChI is InChI=1S/C28H30ClN3O3S/c1-19-5-2-3-8-25(19)35-18-24-23-12-14-36-26(23)11-13-32(24)27(33)17-31(16-20-9-10-20)28(34)30-22-7-4-6-21(29)15-22/h2-8,12,14-15,20,24H,9-11,13,16-18H2,1H3,(H,30,34)/t24-/m1/s1. The highest BCUT2D eigenvalue weighted by Gasteiger charge is 2.35. The van der Waals surface area contributed by atoms with Gasteiger partial charge in [0.2, 0.25) is 5.91 Å². The maximum Gasteiger partial charge on any atom is 0.322 e. The van der Waals surface area contributed by atoms with Gasteiger partial charge in [-0.05, 0) is 78.9 Å². The van der Waals surface area contributed by atoms with E-state index in [1.165, 1.54) is 4.88 Å². The van der Waals surface area contributed by atoms with Crippen LogP contribution in [0.5, 0.6) is 5.75 Å². The van der Waals surface area contributed by atoms with Crippen molar-refractivity contribution in [3.63, 3.8) is 0 Å². The molecule has 1 N–H and O–H groups in total. The third kappa shape index (κ3) is 5.85. The lowest BCUT2D eigenvalue weighted by Gasteiger charge is -2.37. The Balaban J connectivity index is 1.31. The second kappa shape index (κ2) is 10.9. The molecular weight excluding hydrogens is 494 g/mol. The van der Waals surface area contributed by atoms with E-state index in [1.54, 1.807) is 40.5 Å². The van der Waals surface area contributed by atoms with Crippen molar-refractivity contribution < 1.29 is 14.3 Å². The molecule has 1 atom stereocenters. The molecule has 1 fully saturated rings. The number of hydrogen-bond donors (Lipinski definition) is 1. The molecule has 1 saturated carbocycles. The van der Waals surface area contributed by atoms with Gasteiger partial charge in [-0.1, -0.05) is 35.9 Å². The zero-order chi connectivity index (χ0) is 25.1. The number of nitrogens with one attached hydrogen (secondary N) is 1. The molecular formula is C28H30ClN3O3S. The minimum Gasteiger partial charge on any atom is -0.491 e. The first-order valence-electron chi connectivity index (χ1n) is 12.3. The number of hydrogen-bond acceptors (Lipinski definition) is 4. The van der Waals surface area contributed by atoms with Crippen LogP contribution in [0.4, 0.5) is 10.5 Å². The summed E-state index contributed by atoms with van der Waals surface area (Å²) >= 11 is 7.81. The molecule has 2 aromatic carbocycles. The lowest BCUT2D eigenvalue weighted by molar-refractivity contribution is -0.135. The van der Waals surface area contributed by atoms with Crippen molar-refractivity contribution in [2.24, 2.45) is 5.92 Å². The number of thiophene rings is 1. The number of fused-ring (bicyclic) bond motifs is 1. The number of amides is 3. The predicted molar refractivity (Wildman–Crippen MR) is 144 cm³/mol. The maximum atomic E-state index is 13.7. The number of halogens is 1. The Kier molecular flexibility index (Phi) is 7.48. The molecule has 0 radical (unpaired) electrons. The van der Waals surface area contributed by atoms with Crippen LogP contribution in [0.25, 0.3) is 0 Å². The molecule has 6 nitrogen and oxygen atoms in total. The summed E-state index contributed by atoms with van der Waals surface area (Å²) < 4.78 is 6.21. The lowest BCUT2D eigenvalue weighted by atomic mass is 10.0. The summed E-state index contributed by atoms with van der Waals surface area (Å²) in [7, 11) is 0. The molecule has 1 aromatic heterocycles. The van der Waals surface area contributed by atoms with Gasteiger partial charge in [0, 0.05) is 28.7 Å². The lowest BCUT2D eigenvalue weighted by Crippen LogP contribution is -2.49. The number of nitrogens with zero attached hydrogens (tertiary/aromatic N) is 2. The second-order valence-electron chi connectivity index (χ2n) is 9.49. The van der Waals surface area contributed by atoms with Gasteiger partial charge in [0.25, 0.3) is 0 Å². The molecule has 0 bridgehead atoms. The Hall–Kier alpha value is -3.03. The zero-order valence-corrected chi connectivity index (χ0v) is 21.9. The average molecular weight is 524 g/mol. The average Bonchev–Trinajstić information content (AvgIpc) is 3.55. The largest absolute Gasteiger partial charge is 0.491 e. The molecule has 2 heterocycles. The van der Waals surface area contributed by atoms with E-state index in [2.05, 4.69) is 16.8 Å². The van der Waals surface area contributed by atoms with E-state index in [0.717, 1.165) is 36.1 Å². The van der Waals surface area contributed by atoms with Gasteiger partial charge in [-0.15, -0.1) is 11.3 Å². The number of carbonyl (C=O) groups is 2. The molecule has 2 aliphatic rings. The molecule has 0 unspecified atom stereocenters. The number of anilines is 1. The Morgan fingerprint density at radius 2 is 2.00 bits per heavy atom. The molecule has 188 valence electrons. The van der Waals surface area contributed by atoms with Crippen LogP contribution >= 0.6 is 22.9 Å². The van der Waals surface area contributed by atoms with Crippen molar-refractivity contribution in [1.29, 1.82) is 0 Å². The first-order chi connectivity index (χ1) is 17.5. The number of ether oxygens (including phenoxy) is 1. The first-order valence-corrected chi connectivity index (χ1v) is 13.6. The number of carbonyl (C=O) groups excluding carboxylic acids is 2. The minimum atomic E-state index is -0.279. The molecule has 1 aliphatic heterocycles. The van der Waals surface area contributed by atoms with Gasteiger partial charge in [-0.2, -0.15) is 0 Å². The minimum absolute atomic E-state index is 0.0310. The van der Waals surface area contributed by atoms with Crippen LogP contribution in [0.3, 0.4) is 0 Å². The second-order valence-corrected chi connectivity index (χ2v) is 10.9. The Morgan fingerprint density at radius 1 is 1.17 bits per heavy atom. The molecule has 3 amide bonds. The molecule has 36 heavy (non-hydrogen) atoms. The molecule has 0 spiro atoms. The van der Waals surface area contributed by atoms with Crippen molar-refractivity contribution in [3.05, 3.63) is 81.0 Å². The zero-order valence-electron chi connectivity index (χ0n) is 20.3. The Morgan fingerprint density at radius 3 is 2.78 bits per heavy atom. The summed E-state index contributed by atoms with van der Waals surface area (Å²) in [5.74, 6) is 1.21. The van der Waals surface area contributed by atoms with Crippen LogP contribution in [-0.2, 0) is 11.2 Å². The van der Waals surface area contributed by atoms with Gasteiger partial charge in [-0.25, -0.2) is 4.79 Å². The fraction of sp³-hybridized carbons (Fsp3) is 0.357. The fourth-order valence-electron chi connectivity index (χ4n) is 4.62. The molecule has 5 rings (SSSR count). The van der Waals surface area contributed by atoms with Crippen LogP contribution in [-0.4, -0.2) is 48.0 Å². The quantitative estimate of drug-likeness (QED) is 0.384. The SMILES string of the molecule is Cc1ccccc1OC[C@@H]1c2ccsc2CCN1C(=O)CN(CC1CC1)C(=O)Nc1cccc(Cl)c1. The van der Waals surface area contributed by atoms with E-state index < -0.39 is 0 Å². The highest BCUT2D eigenvalue weighted by Crippen LogP contribution is 2.35. The van der Waals surface area contributed by atoms with Gasteiger partial charge in [0.15, 0.2) is 0 Å². The van der Waals surface area contributed by atoms with Crippen molar-refractivity contribution in [2.75, 3.05) is 31.6 Å². The molecule has 0 saturated heterocycles. The Labute approximate surface area is 220 Å². The third-order valence-electron chi connectivity index (χ3n) is 6.77. The highest BCUT2D eigenvalue weighted by molar-refractivity contribution is 7.10. The first kappa shape index (κ1) is 24.7. The number of benzene rings is 2. The summed E-state index contributed by atoms with van der Waals surface area (Å²) in [5.41, 5.74) is 2.82. The predicted octanol–water partition coefficient (Wildman–Crippen LogP) is 6.16. The van der Waals surface area contributed by atoms with Gasteiger partial charge < -0.3 is 19.9 Å². The number of urea groups is 1. The summed E-state index contributed by atoms with van der Waals surface area (Å²) in [6, 6.07) is 16.6. The topological polar surface area (TPSA) is 61.9 Å². The van der Waals surface area contributed by atoms with E-state index in [4.69, 9.17) is 16.3 Å². The van der Waals surface area contributed by atoms with E-state index >= 15 is 0 Å². The van der Waals surface area contributed by atoms with E-state index in [9.17, 15) is 9.59 Å². The fourth-order valence-corrected chi connectivity index (χ4v) is 5.73. The molecule has 3 aromatic rings. The van der Waals surface area contributed by atoms with Gasteiger partial charge in [0.05, 0.1) is 6.04 Å². The smallest absolute Gasteiger partial charge is 0.322 e. The van der Waals surface area contributed by atoms with Crippen LogP contribution in [0.2, 0.25) is 5.02 Å². The molecule has 1 aliphatic carbocycles. The number of rotatable bonds is 8. The summed E-state index contributed by atoms with van der Waals surface area (Å²) in [4.78, 5) is 31.7.